The highest BCUT2D eigenvalue weighted by molar-refractivity contribution is 9.10. The number of nitrogens with zero attached hydrogens (tertiary/aromatic N) is 2. The first-order valence-corrected chi connectivity index (χ1v) is 9.23. The van der Waals surface area contributed by atoms with Gasteiger partial charge in [0.2, 0.25) is 0 Å². The maximum atomic E-state index is 12.3. The highest BCUT2D eigenvalue weighted by Crippen LogP contribution is 2.20. The van der Waals surface area contributed by atoms with Crippen molar-refractivity contribution >= 4 is 38.6 Å². The standard InChI is InChI=1S/C21H16BrN3O2/c1-13-2-7-19-18(8-13)25-20(27-19)9-14-3-5-17(6-4-14)24-21(26)15-10-16(22)12-23-11-15/h2-8,10-12H,9H2,1H3,(H,24,26). The average molecular weight is 422 g/mol. The fraction of sp³-hybridized carbons (Fsp3) is 0.0952. The summed E-state index contributed by atoms with van der Waals surface area (Å²) in [7, 11) is 0. The van der Waals surface area contributed by atoms with Crippen molar-refractivity contribution in [2.75, 3.05) is 5.32 Å². The molecule has 134 valence electrons. The molecule has 2 heterocycles. The van der Waals surface area contributed by atoms with E-state index in [1.54, 1.807) is 12.3 Å². The largest absolute Gasteiger partial charge is 0.440 e. The molecule has 2 aromatic heterocycles. The minimum absolute atomic E-state index is 0.203. The summed E-state index contributed by atoms with van der Waals surface area (Å²) in [6.45, 7) is 2.03. The number of aryl methyl sites for hydroxylation is 1. The van der Waals surface area contributed by atoms with Gasteiger partial charge in [0.25, 0.3) is 5.91 Å². The molecule has 0 unspecified atom stereocenters. The van der Waals surface area contributed by atoms with Gasteiger partial charge in [-0.25, -0.2) is 4.98 Å². The van der Waals surface area contributed by atoms with Crippen molar-refractivity contribution in [1.29, 1.82) is 0 Å². The molecule has 0 saturated carbocycles. The lowest BCUT2D eigenvalue weighted by molar-refractivity contribution is 0.102. The van der Waals surface area contributed by atoms with E-state index in [1.165, 1.54) is 6.20 Å². The van der Waals surface area contributed by atoms with E-state index in [2.05, 4.69) is 31.2 Å². The lowest BCUT2D eigenvalue weighted by Crippen LogP contribution is -2.12. The third kappa shape index (κ3) is 4.06. The number of aromatic nitrogens is 2. The normalized spacial score (nSPS) is 10.9. The number of anilines is 1. The van der Waals surface area contributed by atoms with E-state index in [4.69, 9.17) is 4.42 Å². The molecular weight excluding hydrogens is 406 g/mol. The van der Waals surface area contributed by atoms with Crippen LogP contribution in [-0.4, -0.2) is 15.9 Å². The van der Waals surface area contributed by atoms with E-state index < -0.39 is 0 Å². The summed E-state index contributed by atoms with van der Waals surface area (Å²) < 4.78 is 6.56. The Labute approximate surface area is 164 Å². The molecule has 5 nitrogen and oxygen atoms in total. The molecule has 0 radical (unpaired) electrons. The lowest BCUT2D eigenvalue weighted by atomic mass is 10.1. The third-order valence-corrected chi connectivity index (χ3v) is 4.56. The Morgan fingerprint density at radius 2 is 1.93 bits per heavy atom. The Morgan fingerprint density at radius 3 is 2.70 bits per heavy atom. The zero-order valence-electron chi connectivity index (χ0n) is 14.6. The van der Waals surface area contributed by atoms with Crippen LogP contribution in [0, 0.1) is 6.92 Å². The Balaban J connectivity index is 1.46. The molecule has 1 N–H and O–H groups in total. The Hall–Kier alpha value is -2.99. The zero-order valence-corrected chi connectivity index (χ0v) is 16.2. The summed E-state index contributed by atoms with van der Waals surface area (Å²) in [6.07, 6.45) is 3.76. The lowest BCUT2D eigenvalue weighted by Gasteiger charge is -2.06. The van der Waals surface area contributed by atoms with E-state index in [-0.39, 0.29) is 5.91 Å². The second kappa shape index (κ2) is 7.32. The Morgan fingerprint density at radius 1 is 1.11 bits per heavy atom. The van der Waals surface area contributed by atoms with Crippen LogP contribution in [0.2, 0.25) is 0 Å². The molecule has 0 spiro atoms. The summed E-state index contributed by atoms with van der Waals surface area (Å²) in [6, 6.07) is 15.3. The van der Waals surface area contributed by atoms with Crippen LogP contribution in [0.4, 0.5) is 5.69 Å². The molecule has 1 amide bonds. The third-order valence-electron chi connectivity index (χ3n) is 4.12. The van der Waals surface area contributed by atoms with Gasteiger partial charge in [0.05, 0.1) is 5.56 Å². The van der Waals surface area contributed by atoms with Crippen molar-refractivity contribution in [3.63, 3.8) is 0 Å². The first-order chi connectivity index (χ1) is 13.1. The average Bonchev–Trinajstić information content (AvgIpc) is 3.04. The highest BCUT2D eigenvalue weighted by Gasteiger charge is 2.09. The number of carbonyl (C=O) groups excluding carboxylic acids is 1. The van der Waals surface area contributed by atoms with Gasteiger partial charge in [0.1, 0.15) is 5.52 Å². The topological polar surface area (TPSA) is 68.0 Å². The fourth-order valence-corrected chi connectivity index (χ4v) is 3.15. The van der Waals surface area contributed by atoms with Gasteiger partial charge in [-0.2, -0.15) is 0 Å². The van der Waals surface area contributed by atoms with Crippen LogP contribution in [0.25, 0.3) is 11.1 Å². The van der Waals surface area contributed by atoms with Crippen LogP contribution < -0.4 is 5.32 Å². The molecule has 0 aliphatic rings. The Kier molecular flexibility index (Phi) is 4.73. The predicted octanol–water partition coefficient (Wildman–Crippen LogP) is 5.14. The second-order valence-corrected chi connectivity index (χ2v) is 7.21. The molecule has 0 aliphatic carbocycles. The molecule has 0 fully saturated rings. The van der Waals surface area contributed by atoms with Gasteiger partial charge in [-0.15, -0.1) is 0 Å². The quantitative estimate of drug-likeness (QED) is 0.495. The number of nitrogens with one attached hydrogen (secondary N) is 1. The van der Waals surface area contributed by atoms with Gasteiger partial charge in [-0.1, -0.05) is 18.2 Å². The summed E-state index contributed by atoms with van der Waals surface area (Å²) in [5, 5.41) is 2.87. The van der Waals surface area contributed by atoms with E-state index in [1.807, 2.05) is 49.4 Å². The fourth-order valence-electron chi connectivity index (χ4n) is 2.78. The second-order valence-electron chi connectivity index (χ2n) is 6.30. The molecule has 0 aliphatic heterocycles. The molecule has 6 heteroatoms. The van der Waals surface area contributed by atoms with Gasteiger partial charge in [-0.3, -0.25) is 9.78 Å². The zero-order chi connectivity index (χ0) is 18.8. The number of oxazole rings is 1. The van der Waals surface area contributed by atoms with Crippen molar-refractivity contribution in [2.45, 2.75) is 13.3 Å². The van der Waals surface area contributed by atoms with Crippen LogP contribution >= 0.6 is 15.9 Å². The highest BCUT2D eigenvalue weighted by atomic mass is 79.9. The molecular formula is C21H16BrN3O2. The van der Waals surface area contributed by atoms with Crippen LogP contribution in [0.3, 0.4) is 0 Å². The van der Waals surface area contributed by atoms with Crippen molar-refractivity contribution < 1.29 is 9.21 Å². The van der Waals surface area contributed by atoms with Gasteiger partial charge < -0.3 is 9.73 Å². The molecule has 4 rings (SSSR count). The number of hydrogen-bond acceptors (Lipinski definition) is 4. The number of fused-ring (bicyclic) bond motifs is 1. The maximum absolute atomic E-state index is 12.3. The number of halogens is 1. The van der Waals surface area contributed by atoms with E-state index >= 15 is 0 Å². The molecule has 0 saturated heterocycles. The van der Waals surface area contributed by atoms with E-state index in [0.29, 0.717) is 17.9 Å². The van der Waals surface area contributed by atoms with Crippen LogP contribution in [-0.2, 0) is 6.42 Å². The van der Waals surface area contributed by atoms with Gasteiger partial charge >= 0.3 is 0 Å². The van der Waals surface area contributed by atoms with Crippen molar-refractivity contribution in [3.05, 3.63) is 88.0 Å². The van der Waals surface area contributed by atoms with Crippen LogP contribution in [0.15, 0.2) is 69.8 Å². The number of amides is 1. The Bertz CT molecular complexity index is 1120. The molecule has 0 bridgehead atoms. The van der Waals surface area contributed by atoms with Crippen molar-refractivity contribution in [1.82, 2.24) is 9.97 Å². The summed E-state index contributed by atoms with van der Waals surface area (Å²) in [4.78, 5) is 20.8. The molecule has 27 heavy (non-hydrogen) atoms. The molecule has 0 atom stereocenters. The monoisotopic (exact) mass is 421 g/mol. The number of carbonyl (C=O) groups is 1. The van der Waals surface area contributed by atoms with Crippen LogP contribution in [0.1, 0.15) is 27.4 Å². The maximum Gasteiger partial charge on any atom is 0.257 e. The van der Waals surface area contributed by atoms with Gasteiger partial charge in [0.15, 0.2) is 11.5 Å². The predicted molar refractivity (Wildman–Crippen MR) is 108 cm³/mol. The van der Waals surface area contributed by atoms with E-state index in [9.17, 15) is 4.79 Å². The number of hydrogen-bond donors (Lipinski definition) is 1. The first kappa shape index (κ1) is 17.4. The first-order valence-electron chi connectivity index (χ1n) is 8.44. The summed E-state index contributed by atoms with van der Waals surface area (Å²) in [5.41, 5.74) is 5.09. The number of pyridine rings is 1. The summed E-state index contributed by atoms with van der Waals surface area (Å²) in [5.74, 6) is 0.471. The molecule has 2 aromatic carbocycles. The smallest absolute Gasteiger partial charge is 0.257 e. The summed E-state index contributed by atoms with van der Waals surface area (Å²) >= 11 is 3.32. The number of rotatable bonds is 4. The van der Waals surface area contributed by atoms with E-state index in [0.717, 1.165) is 32.4 Å². The van der Waals surface area contributed by atoms with Crippen molar-refractivity contribution in [2.24, 2.45) is 0 Å². The number of benzene rings is 2. The minimum atomic E-state index is -0.203. The van der Waals surface area contributed by atoms with Gasteiger partial charge in [-0.05, 0) is 64.3 Å². The minimum Gasteiger partial charge on any atom is -0.440 e. The molecule has 4 aromatic rings. The van der Waals surface area contributed by atoms with Crippen LogP contribution in [0.5, 0.6) is 0 Å². The SMILES string of the molecule is Cc1ccc2oc(Cc3ccc(NC(=O)c4cncc(Br)c4)cc3)nc2c1. The van der Waals surface area contributed by atoms with Crippen molar-refractivity contribution in [3.8, 4) is 0 Å². The van der Waals surface area contributed by atoms with Gasteiger partial charge in [0, 0.05) is 29.0 Å².